The summed E-state index contributed by atoms with van der Waals surface area (Å²) in [5, 5.41) is 0.651. The maximum absolute atomic E-state index is 12.6. The molecule has 0 unspecified atom stereocenters. The number of aromatic amines is 1. The third-order valence-corrected chi connectivity index (χ3v) is 5.16. The van der Waals surface area contributed by atoms with Crippen LogP contribution in [0.25, 0.3) is 11.2 Å². The molecule has 1 aromatic carbocycles. The lowest BCUT2D eigenvalue weighted by Gasteiger charge is -2.28. The van der Waals surface area contributed by atoms with Crippen LogP contribution in [0.15, 0.2) is 33.9 Å². The number of rotatable bonds is 3. The molecule has 0 radical (unpaired) electrons. The minimum atomic E-state index is -0.363. The predicted molar refractivity (Wildman–Crippen MR) is 102 cm³/mol. The Morgan fingerprint density at radius 1 is 1.12 bits per heavy atom. The molecule has 136 valence electrons. The Bertz CT molecular complexity index is 1060. The van der Waals surface area contributed by atoms with Crippen LogP contribution in [0.3, 0.4) is 0 Å². The minimum Gasteiger partial charge on any atom is -0.355 e. The van der Waals surface area contributed by atoms with Gasteiger partial charge in [-0.15, -0.1) is 0 Å². The van der Waals surface area contributed by atoms with Crippen molar-refractivity contribution < 1.29 is 0 Å². The summed E-state index contributed by atoms with van der Waals surface area (Å²) < 4.78 is 3.04. The molecule has 1 fully saturated rings. The number of benzene rings is 1. The molecule has 1 N–H and O–H groups in total. The van der Waals surface area contributed by atoms with Crippen molar-refractivity contribution in [3.8, 4) is 0 Å². The third kappa shape index (κ3) is 2.92. The lowest BCUT2D eigenvalue weighted by atomic mass is 10.1. The van der Waals surface area contributed by atoms with Gasteiger partial charge in [0.15, 0.2) is 5.82 Å². The number of aromatic nitrogens is 4. The van der Waals surface area contributed by atoms with Crippen molar-refractivity contribution in [1.29, 1.82) is 0 Å². The average Bonchev–Trinajstić information content (AvgIpc) is 2.97. The molecule has 8 heteroatoms. The molecule has 3 aromatic rings. The zero-order valence-electron chi connectivity index (χ0n) is 14.5. The lowest BCUT2D eigenvalue weighted by Crippen LogP contribution is -2.34. The summed E-state index contributed by atoms with van der Waals surface area (Å²) in [5.41, 5.74) is 1.52. The highest BCUT2D eigenvalue weighted by molar-refractivity contribution is 6.30. The largest absolute Gasteiger partial charge is 0.355 e. The number of hydrogen-bond donors (Lipinski definition) is 1. The molecule has 0 amide bonds. The molecule has 1 aliphatic heterocycles. The second kappa shape index (κ2) is 6.64. The number of nitrogens with zero attached hydrogens (tertiary/aromatic N) is 4. The molecule has 0 saturated carbocycles. The molecule has 1 aliphatic rings. The van der Waals surface area contributed by atoms with Crippen LogP contribution in [-0.4, -0.2) is 32.2 Å². The monoisotopic (exact) mass is 373 g/mol. The standard InChI is InChI=1S/C18H20ClN5O2/c1-22-15-14(16(21-17(22)25)23-9-3-2-4-10-23)24(18(26)20-15)11-12-5-7-13(19)8-6-12/h5-8H,2-4,9-11H2,1H3,(H,20,26). The number of halogens is 1. The van der Waals surface area contributed by atoms with Gasteiger partial charge in [-0.1, -0.05) is 23.7 Å². The normalized spacial score (nSPS) is 14.9. The Kier molecular flexibility index (Phi) is 4.32. The zero-order chi connectivity index (χ0) is 18.3. The van der Waals surface area contributed by atoms with Crippen molar-refractivity contribution >= 4 is 28.6 Å². The van der Waals surface area contributed by atoms with E-state index in [0.717, 1.165) is 31.5 Å². The van der Waals surface area contributed by atoms with Gasteiger partial charge in [0.25, 0.3) is 0 Å². The molecule has 26 heavy (non-hydrogen) atoms. The highest BCUT2D eigenvalue weighted by atomic mass is 35.5. The quantitative estimate of drug-likeness (QED) is 0.763. The zero-order valence-corrected chi connectivity index (χ0v) is 15.3. The van der Waals surface area contributed by atoms with Crippen molar-refractivity contribution in [2.45, 2.75) is 25.8 Å². The Morgan fingerprint density at radius 3 is 2.50 bits per heavy atom. The number of aryl methyl sites for hydroxylation is 1. The Labute approximate surface area is 154 Å². The lowest BCUT2D eigenvalue weighted by molar-refractivity contribution is 0.572. The van der Waals surface area contributed by atoms with Crippen LogP contribution in [0, 0.1) is 0 Å². The van der Waals surface area contributed by atoms with Gasteiger partial charge in [0.05, 0.1) is 6.54 Å². The van der Waals surface area contributed by atoms with Gasteiger partial charge in [-0.2, -0.15) is 4.98 Å². The van der Waals surface area contributed by atoms with Crippen molar-refractivity contribution in [3.63, 3.8) is 0 Å². The van der Waals surface area contributed by atoms with Crippen molar-refractivity contribution in [2.24, 2.45) is 7.05 Å². The predicted octanol–water partition coefficient (Wildman–Crippen LogP) is 2.12. The SMILES string of the molecule is Cn1c(=O)nc(N2CCCCC2)c2c1[nH]c(=O)n2Cc1ccc(Cl)cc1. The second-order valence-corrected chi connectivity index (χ2v) is 7.10. The number of piperidine rings is 1. The maximum atomic E-state index is 12.6. The van der Waals surface area contributed by atoms with Gasteiger partial charge < -0.3 is 4.90 Å². The number of anilines is 1. The number of fused-ring (bicyclic) bond motifs is 1. The van der Waals surface area contributed by atoms with E-state index in [1.54, 1.807) is 23.7 Å². The summed E-state index contributed by atoms with van der Waals surface area (Å²) in [4.78, 5) is 34.1. The van der Waals surface area contributed by atoms with Crippen molar-refractivity contribution in [1.82, 2.24) is 19.1 Å². The van der Waals surface area contributed by atoms with E-state index in [1.165, 1.54) is 11.0 Å². The van der Waals surface area contributed by atoms with Crippen LogP contribution in [0.2, 0.25) is 5.02 Å². The summed E-state index contributed by atoms with van der Waals surface area (Å²) in [6.45, 7) is 2.07. The number of imidazole rings is 1. The smallest absolute Gasteiger partial charge is 0.350 e. The van der Waals surface area contributed by atoms with Crippen LogP contribution in [-0.2, 0) is 13.6 Å². The fourth-order valence-electron chi connectivity index (χ4n) is 3.49. The second-order valence-electron chi connectivity index (χ2n) is 6.66. The minimum absolute atomic E-state index is 0.254. The topological polar surface area (TPSA) is 75.9 Å². The molecule has 0 spiro atoms. The molecule has 1 saturated heterocycles. The van der Waals surface area contributed by atoms with Gasteiger partial charge in [0, 0.05) is 25.2 Å². The average molecular weight is 374 g/mol. The summed E-state index contributed by atoms with van der Waals surface area (Å²) >= 11 is 5.96. The van der Waals surface area contributed by atoms with E-state index in [9.17, 15) is 9.59 Å². The van der Waals surface area contributed by atoms with E-state index in [2.05, 4.69) is 14.9 Å². The van der Waals surface area contributed by atoms with E-state index < -0.39 is 0 Å². The highest BCUT2D eigenvalue weighted by Gasteiger charge is 2.22. The third-order valence-electron chi connectivity index (χ3n) is 4.91. The Morgan fingerprint density at radius 2 is 1.81 bits per heavy atom. The Hall–Kier alpha value is -2.54. The highest BCUT2D eigenvalue weighted by Crippen LogP contribution is 2.24. The van der Waals surface area contributed by atoms with Crippen LogP contribution < -0.4 is 16.3 Å². The van der Waals surface area contributed by atoms with Crippen LogP contribution in [0.4, 0.5) is 5.82 Å². The molecule has 0 bridgehead atoms. The molecular weight excluding hydrogens is 354 g/mol. The van der Waals surface area contributed by atoms with Crippen LogP contribution in [0.5, 0.6) is 0 Å². The van der Waals surface area contributed by atoms with Crippen LogP contribution in [0.1, 0.15) is 24.8 Å². The van der Waals surface area contributed by atoms with Gasteiger partial charge >= 0.3 is 11.4 Å². The first-order valence-corrected chi connectivity index (χ1v) is 9.11. The van der Waals surface area contributed by atoms with E-state index in [1.807, 2.05) is 12.1 Å². The maximum Gasteiger partial charge on any atom is 0.350 e. The van der Waals surface area contributed by atoms with E-state index >= 15 is 0 Å². The summed E-state index contributed by atoms with van der Waals surface area (Å²) in [5.74, 6) is 0.593. The molecule has 2 aromatic heterocycles. The van der Waals surface area contributed by atoms with Gasteiger partial charge in [0.1, 0.15) is 11.2 Å². The first-order chi connectivity index (χ1) is 12.5. The summed E-state index contributed by atoms with van der Waals surface area (Å²) in [6.07, 6.45) is 3.30. The molecule has 0 aliphatic carbocycles. The molecule has 3 heterocycles. The summed E-state index contributed by atoms with van der Waals surface area (Å²) in [7, 11) is 1.63. The first-order valence-electron chi connectivity index (χ1n) is 8.73. The van der Waals surface area contributed by atoms with Gasteiger partial charge in [-0.3, -0.25) is 14.1 Å². The molecule has 0 atom stereocenters. The van der Waals surface area contributed by atoms with Gasteiger partial charge in [-0.05, 0) is 37.0 Å². The number of nitrogens with one attached hydrogen (secondary N) is 1. The van der Waals surface area contributed by atoms with Gasteiger partial charge in [0.2, 0.25) is 0 Å². The van der Waals surface area contributed by atoms with E-state index in [0.29, 0.717) is 28.5 Å². The fourth-order valence-corrected chi connectivity index (χ4v) is 3.62. The van der Waals surface area contributed by atoms with Crippen molar-refractivity contribution in [2.75, 3.05) is 18.0 Å². The van der Waals surface area contributed by atoms with Crippen molar-refractivity contribution in [3.05, 3.63) is 55.8 Å². The fraction of sp³-hybridized carbons (Fsp3) is 0.389. The van der Waals surface area contributed by atoms with E-state index in [4.69, 9.17) is 11.6 Å². The first kappa shape index (κ1) is 16.9. The summed E-state index contributed by atoms with van der Waals surface area (Å²) in [6, 6.07) is 7.39. The number of hydrogen-bond acceptors (Lipinski definition) is 4. The van der Waals surface area contributed by atoms with Gasteiger partial charge in [-0.25, -0.2) is 9.59 Å². The number of H-pyrrole nitrogens is 1. The Balaban J connectivity index is 1.90. The van der Waals surface area contributed by atoms with E-state index in [-0.39, 0.29) is 11.4 Å². The molecule has 4 rings (SSSR count). The van der Waals surface area contributed by atoms with Crippen LogP contribution >= 0.6 is 11.6 Å². The molecular formula is C18H20ClN5O2. The molecule has 7 nitrogen and oxygen atoms in total.